The Morgan fingerprint density at radius 2 is 2.09 bits per heavy atom. The first kappa shape index (κ1) is 16.6. The van der Waals surface area contributed by atoms with Gasteiger partial charge in [0.25, 0.3) is 0 Å². The largest absolute Gasteiger partial charge is 0.491 e. The van der Waals surface area contributed by atoms with E-state index in [0.29, 0.717) is 18.8 Å². The second kappa shape index (κ2) is 8.03. The van der Waals surface area contributed by atoms with Crippen LogP contribution in [0.4, 0.5) is 11.4 Å². The molecule has 0 unspecified atom stereocenters. The number of nitrogens with zero attached hydrogens (tertiary/aromatic N) is 1. The number of piperidine rings is 1. The van der Waals surface area contributed by atoms with Gasteiger partial charge >= 0.3 is 0 Å². The molecule has 0 atom stereocenters. The number of anilines is 2. The Hall–Kier alpha value is -1.75. The van der Waals surface area contributed by atoms with Gasteiger partial charge < -0.3 is 20.1 Å². The molecule has 122 valence electrons. The van der Waals surface area contributed by atoms with E-state index < -0.39 is 0 Å². The molecule has 0 saturated carbocycles. The van der Waals surface area contributed by atoms with Crippen LogP contribution in [0, 0.1) is 0 Å². The number of ether oxygens (including phenoxy) is 1. The number of carbonyl (C=O) groups excluding carboxylic acids is 1. The molecule has 1 fully saturated rings. The molecule has 0 radical (unpaired) electrons. The number of nitrogens with one attached hydrogen (secondary N) is 1. The molecular weight excluding hydrogens is 280 g/mol. The van der Waals surface area contributed by atoms with E-state index in [1.165, 1.54) is 0 Å². The summed E-state index contributed by atoms with van der Waals surface area (Å²) in [6.07, 6.45) is 2.76. The molecular formula is C17H26N2O3. The fraction of sp³-hybridized carbons (Fsp3) is 0.588. The number of rotatable bonds is 6. The van der Waals surface area contributed by atoms with Crippen LogP contribution in [0.15, 0.2) is 18.2 Å². The van der Waals surface area contributed by atoms with Crippen molar-refractivity contribution in [3.05, 3.63) is 18.2 Å². The first-order chi connectivity index (χ1) is 10.6. The molecule has 1 aromatic carbocycles. The summed E-state index contributed by atoms with van der Waals surface area (Å²) < 4.78 is 5.79. The molecule has 0 aromatic heterocycles. The van der Waals surface area contributed by atoms with Crippen molar-refractivity contribution < 1.29 is 14.6 Å². The second-order valence-corrected chi connectivity index (χ2v) is 5.65. The fourth-order valence-corrected chi connectivity index (χ4v) is 2.51. The zero-order valence-corrected chi connectivity index (χ0v) is 13.5. The lowest BCUT2D eigenvalue weighted by Crippen LogP contribution is -2.35. The van der Waals surface area contributed by atoms with Gasteiger partial charge in [0.15, 0.2) is 0 Å². The van der Waals surface area contributed by atoms with Gasteiger partial charge in [0.05, 0.1) is 18.4 Å². The minimum absolute atomic E-state index is 0.0183. The number of hydrogen-bond donors (Lipinski definition) is 2. The summed E-state index contributed by atoms with van der Waals surface area (Å²) in [5.74, 6) is 0.697. The Labute approximate surface area is 132 Å². The minimum Gasteiger partial charge on any atom is -0.491 e. The number of benzene rings is 1. The van der Waals surface area contributed by atoms with Crippen LogP contribution >= 0.6 is 0 Å². The summed E-state index contributed by atoms with van der Waals surface area (Å²) in [5, 5.41) is 12.5. The third kappa shape index (κ3) is 4.37. The van der Waals surface area contributed by atoms with Gasteiger partial charge in [-0.05, 0) is 31.4 Å². The number of amides is 1. The van der Waals surface area contributed by atoms with Crippen molar-refractivity contribution in [2.45, 2.75) is 45.6 Å². The summed E-state index contributed by atoms with van der Waals surface area (Å²) >= 11 is 0. The molecule has 5 nitrogen and oxygen atoms in total. The van der Waals surface area contributed by atoms with Gasteiger partial charge in [-0.15, -0.1) is 0 Å². The summed E-state index contributed by atoms with van der Waals surface area (Å²) in [5.41, 5.74) is 1.80. The monoisotopic (exact) mass is 306 g/mol. The van der Waals surface area contributed by atoms with E-state index >= 15 is 0 Å². The first-order valence-corrected chi connectivity index (χ1v) is 8.13. The standard InChI is InChI=1S/C17H26N2O3/c1-3-11-22-16-12-13(19-9-7-14(20)8-10-19)5-6-15(16)18-17(21)4-2/h5-6,12,14,20H,3-4,7-11H2,1-2H3,(H,18,21). The van der Waals surface area contributed by atoms with Crippen molar-refractivity contribution in [2.75, 3.05) is 29.9 Å². The van der Waals surface area contributed by atoms with E-state index in [1.807, 2.05) is 25.1 Å². The number of hydrogen-bond acceptors (Lipinski definition) is 4. The Balaban J connectivity index is 2.16. The predicted molar refractivity (Wildman–Crippen MR) is 88.6 cm³/mol. The predicted octanol–water partition coefficient (Wildman–Crippen LogP) is 2.79. The molecule has 0 bridgehead atoms. The van der Waals surface area contributed by atoms with Crippen LogP contribution in [-0.2, 0) is 4.79 Å². The van der Waals surface area contributed by atoms with E-state index in [9.17, 15) is 9.90 Å². The van der Waals surface area contributed by atoms with Gasteiger partial charge in [0, 0.05) is 31.3 Å². The Bertz CT molecular complexity index is 497. The molecule has 22 heavy (non-hydrogen) atoms. The highest BCUT2D eigenvalue weighted by Crippen LogP contribution is 2.31. The molecule has 1 amide bonds. The highest BCUT2D eigenvalue weighted by molar-refractivity contribution is 5.92. The van der Waals surface area contributed by atoms with Gasteiger partial charge in [0.2, 0.25) is 5.91 Å². The smallest absolute Gasteiger partial charge is 0.224 e. The molecule has 5 heteroatoms. The van der Waals surface area contributed by atoms with E-state index in [2.05, 4.69) is 17.1 Å². The van der Waals surface area contributed by atoms with Gasteiger partial charge in [-0.25, -0.2) is 0 Å². The molecule has 2 N–H and O–H groups in total. The lowest BCUT2D eigenvalue weighted by molar-refractivity contribution is -0.115. The molecule has 0 aliphatic carbocycles. The van der Waals surface area contributed by atoms with Crippen molar-refractivity contribution in [3.8, 4) is 5.75 Å². The van der Waals surface area contributed by atoms with Crippen molar-refractivity contribution in [1.29, 1.82) is 0 Å². The van der Waals surface area contributed by atoms with Gasteiger partial charge in [0.1, 0.15) is 5.75 Å². The van der Waals surface area contributed by atoms with E-state index in [-0.39, 0.29) is 12.0 Å². The first-order valence-electron chi connectivity index (χ1n) is 8.13. The molecule has 1 aromatic rings. The number of carbonyl (C=O) groups is 1. The van der Waals surface area contributed by atoms with Gasteiger partial charge in [-0.2, -0.15) is 0 Å². The topological polar surface area (TPSA) is 61.8 Å². The van der Waals surface area contributed by atoms with Crippen molar-refractivity contribution >= 4 is 17.3 Å². The van der Waals surface area contributed by atoms with E-state index in [4.69, 9.17) is 4.74 Å². The number of aliphatic hydroxyl groups is 1. The quantitative estimate of drug-likeness (QED) is 0.848. The Morgan fingerprint density at radius 3 is 2.73 bits per heavy atom. The molecule has 0 spiro atoms. The summed E-state index contributed by atoms with van der Waals surface area (Å²) in [6.45, 7) is 6.19. The van der Waals surface area contributed by atoms with Crippen LogP contribution in [0.25, 0.3) is 0 Å². The van der Waals surface area contributed by atoms with Crippen LogP contribution in [-0.4, -0.2) is 36.8 Å². The zero-order valence-electron chi connectivity index (χ0n) is 13.5. The third-order valence-electron chi connectivity index (χ3n) is 3.85. The van der Waals surface area contributed by atoms with Crippen LogP contribution in [0.2, 0.25) is 0 Å². The molecule has 1 heterocycles. The molecule has 2 rings (SSSR count). The maximum absolute atomic E-state index is 11.6. The normalized spacial score (nSPS) is 15.7. The summed E-state index contributed by atoms with van der Waals surface area (Å²) in [7, 11) is 0. The van der Waals surface area contributed by atoms with E-state index in [0.717, 1.165) is 43.7 Å². The highest BCUT2D eigenvalue weighted by Gasteiger charge is 2.18. The second-order valence-electron chi connectivity index (χ2n) is 5.65. The lowest BCUT2D eigenvalue weighted by Gasteiger charge is -2.32. The molecule has 1 saturated heterocycles. The Kier molecular flexibility index (Phi) is 6.07. The van der Waals surface area contributed by atoms with Gasteiger partial charge in [-0.1, -0.05) is 13.8 Å². The minimum atomic E-state index is -0.185. The third-order valence-corrected chi connectivity index (χ3v) is 3.85. The molecule has 1 aliphatic rings. The average molecular weight is 306 g/mol. The average Bonchev–Trinajstić information content (AvgIpc) is 2.54. The molecule has 1 aliphatic heterocycles. The van der Waals surface area contributed by atoms with Crippen molar-refractivity contribution in [1.82, 2.24) is 0 Å². The number of aliphatic hydroxyl groups excluding tert-OH is 1. The van der Waals surface area contributed by atoms with Crippen LogP contribution in [0.3, 0.4) is 0 Å². The van der Waals surface area contributed by atoms with Crippen LogP contribution in [0.5, 0.6) is 5.75 Å². The van der Waals surface area contributed by atoms with Crippen LogP contribution < -0.4 is 15.0 Å². The lowest BCUT2D eigenvalue weighted by atomic mass is 10.1. The van der Waals surface area contributed by atoms with Gasteiger partial charge in [-0.3, -0.25) is 4.79 Å². The highest BCUT2D eigenvalue weighted by atomic mass is 16.5. The maximum atomic E-state index is 11.6. The summed E-state index contributed by atoms with van der Waals surface area (Å²) in [4.78, 5) is 13.9. The van der Waals surface area contributed by atoms with Crippen LogP contribution in [0.1, 0.15) is 39.5 Å². The SMILES string of the molecule is CCCOc1cc(N2CCC(O)CC2)ccc1NC(=O)CC. The van der Waals surface area contributed by atoms with Crippen molar-refractivity contribution in [2.24, 2.45) is 0 Å². The zero-order chi connectivity index (χ0) is 15.9. The Morgan fingerprint density at radius 1 is 1.36 bits per heavy atom. The fourth-order valence-electron chi connectivity index (χ4n) is 2.51. The maximum Gasteiger partial charge on any atom is 0.224 e. The summed E-state index contributed by atoms with van der Waals surface area (Å²) in [6, 6.07) is 5.89. The van der Waals surface area contributed by atoms with E-state index in [1.54, 1.807) is 0 Å². The van der Waals surface area contributed by atoms with Crippen molar-refractivity contribution in [3.63, 3.8) is 0 Å².